The van der Waals surface area contributed by atoms with E-state index in [0.29, 0.717) is 25.9 Å². The van der Waals surface area contributed by atoms with E-state index in [-0.39, 0.29) is 11.5 Å². The van der Waals surface area contributed by atoms with Crippen LogP contribution in [0.2, 0.25) is 0 Å². The Morgan fingerprint density at radius 3 is 2.13 bits per heavy atom. The zero-order valence-electron chi connectivity index (χ0n) is 18.9. The van der Waals surface area contributed by atoms with Crippen LogP contribution >= 0.6 is 0 Å². The molecule has 1 atom stereocenters. The Kier molecular flexibility index (Phi) is 8.16. The molecule has 2 rings (SSSR count). The number of rotatable bonds is 8. The molecule has 6 heteroatoms. The maximum Gasteiger partial charge on any atom is 0.416 e. The van der Waals surface area contributed by atoms with Gasteiger partial charge in [0.25, 0.3) is 0 Å². The van der Waals surface area contributed by atoms with E-state index in [9.17, 15) is 18.3 Å². The number of piperidine rings is 1. The van der Waals surface area contributed by atoms with Crippen molar-refractivity contribution >= 4 is 0 Å². The highest BCUT2D eigenvalue weighted by Crippen LogP contribution is 2.36. The van der Waals surface area contributed by atoms with Crippen molar-refractivity contribution in [2.45, 2.75) is 76.6 Å². The molecule has 0 spiro atoms. The van der Waals surface area contributed by atoms with Crippen molar-refractivity contribution in [2.75, 3.05) is 26.8 Å². The largest absolute Gasteiger partial charge is 0.416 e. The monoisotopic (exact) mass is 427 g/mol. The Bertz CT molecular complexity index is 698. The molecule has 0 aliphatic carbocycles. The molecule has 0 bridgehead atoms. The molecule has 0 radical (unpaired) electrons. The zero-order chi connectivity index (χ0) is 22.6. The molecule has 170 valence electrons. The average Bonchev–Trinajstić information content (AvgIpc) is 2.65. The number of allylic oxidation sites excluding steroid dienone is 1. The Morgan fingerprint density at radius 1 is 1.13 bits per heavy atom. The van der Waals surface area contributed by atoms with Gasteiger partial charge in [-0.1, -0.05) is 37.6 Å². The third-order valence-corrected chi connectivity index (χ3v) is 6.21. The van der Waals surface area contributed by atoms with Crippen LogP contribution in [0.3, 0.4) is 0 Å². The van der Waals surface area contributed by atoms with Crippen LogP contribution in [0.15, 0.2) is 35.9 Å². The van der Waals surface area contributed by atoms with Crippen LogP contribution in [0.4, 0.5) is 13.2 Å². The number of aliphatic hydroxyl groups is 1. The van der Waals surface area contributed by atoms with E-state index < -0.39 is 17.3 Å². The standard InChI is InChI=1S/C24H36F3NO2/c1-18(2)16-21(28-13-10-23(29,11-14-28)12-15-30-5)17-22(3,4)19-6-8-20(9-7-19)24(25,26)27/h6-9,16,21,29H,10-15,17H2,1-5H3. The summed E-state index contributed by atoms with van der Waals surface area (Å²) >= 11 is 0. The topological polar surface area (TPSA) is 32.7 Å². The van der Waals surface area contributed by atoms with Crippen LogP contribution in [0.5, 0.6) is 0 Å². The van der Waals surface area contributed by atoms with Crippen molar-refractivity contribution in [2.24, 2.45) is 0 Å². The lowest BCUT2D eigenvalue weighted by Gasteiger charge is -2.43. The average molecular weight is 428 g/mol. The summed E-state index contributed by atoms with van der Waals surface area (Å²) in [5, 5.41) is 10.8. The van der Waals surface area contributed by atoms with Gasteiger partial charge in [-0.15, -0.1) is 0 Å². The molecule has 0 amide bonds. The molecule has 1 fully saturated rings. The molecule has 1 saturated heterocycles. The quantitative estimate of drug-likeness (QED) is 0.551. The summed E-state index contributed by atoms with van der Waals surface area (Å²) in [4.78, 5) is 2.39. The molecule has 1 unspecified atom stereocenters. The molecular formula is C24H36F3NO2. The fourth-order valence-electron chi connectivity index (χ4n) is 4.24. The van der Waals surface area contributed by atoms with Gasteiger partial charge in [0.2, 0.25) is 0 Å². The second-order valence-electron chi connectivity index (χ2n) is 9.48. The van der Waals surface area contributed by atoms with Gasteiger partial charge in [0, 0.05) is 32.8 Å². The minimum absolute atomic E-state index is 0.166. The first-order chi connectivity index (χ1) is 13.9. The Morgan fingerprint density at radius 2 is 1.67 bits per heavy atom. The molecule has 0 aromatic heterocycles. The van der Waals surface area contributed by atoms with Gasteiger partial charge in [-0.2, -0.15) is 13.2 Å². The van der Waals surface area contributed by atoms with E-state index in [1.807, 2.05) is 0 Å². The van der Waals surface area contributed by atoms with Gasteiger partial charge in [0.15, 0.2) is 0 Å². The maximum atomic E-state index is 12.9. The van der Waals surface area contributed by atoms with Gasteiger partial charge in [0.1, 0.15) is 0 Å². The van der Waals surface area contributed by atoms with E-state index in [0.717, 1.165) is 25.1 Å². The number of nitrogens with zero attached hydrogens (tertiary/aromatic N) is 1. The predicted octanol–water partition coefficient (Wildman–Crippen LogP) is 5.57. The fourth-order valence-corrected chi connectivity index (χ4v) is 4.24. The molecule has 1 heterocycles. The van der Waals surface area contributed by atoms with Crippen molar-refractivity contribution < 1.29 is 23.0 Å². The van der Waals surface area contributed by atoms with Crippen LogP contribution < -0.4 is 0 Å². The first-order valence-electron chi connectivity index (χ1n) is 10.6. The first kappa shape index (κ1) is 24.9. The zero-order valence-corrected chi connectivity index (χ0v) is 18.9. The molecule has 1 N–H and O–H groups in total. The van der Waals surface area contributed by atoms with E-state index in [1.165, 1.54) is 17.7 Å². The van der Waals surface area contributed by atoms with Crippen molar-refractivity contribution in [1.29, 1.82) is 0 Å². The molecule has 1 aliphatic rings. The van der Waals surface area contributed by atoms with Gasteiger partial charge in [-0.3, -0.25) is 4.90 Å². The number of halogens is 3. The number of likely N-dealkylation sites (tertiary alicyclic amines) is 1. The first-order valence-corrected chi connectivity index (χ1v) is 10.6. The smallest absolute Gasteiger partial charge is 0.390 e. The second kappa shape index (κ2) is 9.84. The normalized spacial score (nSPS) is 18.8. The van der Waals surface area contributed by atoms with Crippen molar-refractivity contribution in [3.63, 3.8) is 0 Å². The van der Waals surface area contributed by atoms with E-state index >= 15 is 0 Å². The van der Waals surface area contributed by atoms with Crippen molar-refractivity contribution in [3.05, 3.63) is 47.0 Å². The van der Waals surface area contributed by atoms with E-state index in [4.69, 9.17) is 4.74 Å². The Hall–Kier alpha value is -1.37. The molecule has 30 heavy (non-hydrogen) atoms. The lowest BCUT2D eigenvalue weighted by atomic mass is 9.77. The van der Waals surface area contributed by atoms with E-state index in [1.54, 1.807) is 19.2 Å². The van der Waals surface area contributed by atoms with Gasteiger partial charge < -0.3 is 9.84 Å². The number of ether oxygens (including phenoxy) is 1. The second-order valence-corrected chi connectivity index (χ2v) is 9.48. The molecule has 0 saturated carbocycles. The summed E-state index contributed by atoms with van der Waals surface area (Å²) in [6.07, 6.45) is 0.752. The summed E-state index contributed by atoms with van der Waals surface area (Å²) in [5.41, 5.74) is 0.532. The van der Waals surface area contributed by atoms with Crippen molar-refractivity contribution in [1.82, 2.24) is 4.90 Å². The Labute approximate surface area is 178 Å². The number of benzene rings is 1. The molecular weight excluding hydrogens is 391 g/mol. The number of methoxy groups -OCH3 is 1. The molecule has 1 aliphatic heterocycles. The van der Waals surface area contributed by atoms with E-state index in [2.05, 4.69) is 38.7 Å². The van der Waals surface area contributed by atoms with Crippen molar-refractivity contribution in [3.8, 4) is 0 Å². The third-order valence-electron chi connectivity index (χ3n) is 6.21. The summed E-state index contributed by atoms with van der Waals surface area (Å²) in [5.74, 6) is 0. The van der Waals surface area contributed by atoms with Gasteiger partial charge in [0.05, 0.1) is 11.2 Å². The van der Waals surface area contributed by atoms with Gasteiger partial charge in [-0.25, -0.2) is 0 Å². The maximum absolute atomic E-state index is 12.9. The minimum atomic E-state index is -4.32. The number of hydrogen-bond donors (Lipinski definition) is 1. The highest BCUT2D eigenvalue weighted by molar-refractivity contribution is 5.30. The van der Waals surface area contributed by atoms with Crippen LogP contribution in [0.1, 0.15) is 64.5 Å². The number of hydrogen-bond acceptors (Lipinski definition) is 3. The SMILES string of the molecule is COCCC1(O)CCN(C(C=C(C)C)CC(C)(C)c2ccc(C(F)(F)F)cc2)CC1. The van der Waals surface area contributed by atoms with Gasteiger partial charge >= 0.3 is 6.18 Å². The molecule has 3 nitrogen and oxygen atoms in total. The fraction of sp³-hybridized carbons (Fsp3) is 0.667. The van der Waals surface area contributed by atoms with Gasteiger partial charge in [-0.05, 0) is 62.6 Å². The van der Waals surface area contributed by atoms with Crippen LogP contribution in [0.25, 0.3) is 0 Å². The highest BCUT2D eigenvalue weighted by atomic mass is 19.4. The summed E-state index contributed by atoms with van der Waals surface area (Å²) in [6, 6.07) is 5.71. The lowest BCUT2D eigenvalue weighted by molar-refractivity contribution is -0.137. The lowest BCUT2D eigenvalue weighted by Crippen LogP contribution is -2.49. The third kappa shape index (κ3) is 6.82. The minimum Gasteiger partial charge on any atom is -0.390 e. The van der Waals surface area contributed by atoms with Crippen LogP contribution in [0, 0.1) is 0 Å². The van der Waals surface area contributed by atoms with Crippen LogP contribution in [-0.2, 0) is 16.3 Å². The number of alkyl halides is 3. The summed E-state index contributed by atoms with van der Waals surface area (Å²) in [6.45, 7) is 10.4. The molecule has 1 aromatic carbocycles. The Balaban J connectivity index is 2.13. The summed E-state index contributed by atoms with van der Waals surface area (Å²) < 4.78 is 43.9. The highest BCUT2D eigenvalue weighted by Gasteiger charge is 2.36. The van der Waals surface area contributed by atoms with Crippen LogP contribution in [-0.4, -0.2) is 48.5 Å². The summed E-state index contributed by atoms with van der Waals surface area (Å²) in [7, 11) is 1.65. The molecule has 1 aromatic rings. The predicted molar refractivity (Wildman–Crippen MR) is 115 cm³/mol.